The largest absolute Gasteiger partial charge is 0.459 e. The molecule has 2 N–H and O–H groups in total. The van der Waals surface area contributed by atoms with Gasteiger partial charge in [-0.3, -0.25) is 4.98 Å². The molecule has 3 nitrogen and oxygen atoms in total. The predicted octanol–water partition coefficient (Wildman–Crippen LogP) is 3.49. The summed E-state index contributed by atoms with van der Waals surface area (Å²) in [5.74, 6) is 0.775. The Kier molecular flexibility index (Phi) is 2.84. The lowest BCUT2D eigenvalue weighted by molar-refractivity contribution is 0.523. The molecule has 1 aromatic carbocycles. The molecule has 0 spiro atoms. The van der Waals surface area contributed by atoms with Crippen LogP contribution < -0.4 is 5.73 Å². The van der Waals surface area contributed by atoms with Gasteiger partial charge in [-0.15, -0.1) is 0 Å². The van der Waals surface area contributed by atoms with Crippen LogP contribution in [-0.4, -0.2) is 4.98 Å². The Bertz CT molecular complexity index is 730. The zero-order valence-corrected chi connectivity index (χ0v) is 11.1. The van der Waals surface area contributed by atoms with Crippen molar-refractivity contribution in [3.8, 4) is 0 Å². The third-order valence-electron chi connectivity index (χ3n) is 3.41. The molecule has 0 aliphatic rings. The molecule has 1 unspecified atom stereocenters. The molecule has 0 amide bonds. The monoisotopic (exact) mass is 252 g/mol. The number of nitrogens with zero attached hydrogens (tertiary/aromatic N) is 1. The van der Waals surface area contributed by atoms with E-state index in [0.717, 1.165) is 27.9 Å². The fraction of sp³-hybridized carbons (Fsp3) is 0.188. The van der Waals surface area contributed by atoms with Crippen molar-refractivity contribution < 1.29 is 4.42 Å². The molecule has 0 saturated carbocycles. The van der Waals surface area contributed by atoms with Crippen LogP contribution in [0.5, 0.6) is 0 Å². The van der Waals surface area contributed by atoms with Gasteiger partial charge in [0.05, 0.1) is 6.04 Å². The first kappa shape index (κ1) is 11.9. The van der Waals surface area contributed by atoms with Crippen molar-refractivity contribution in [2.45, 2.75) is 19.9 Å². The van der Waals surface area contributed by atoms with Gasteiger partial charge >= 0.3 is 0 Å². The maximum absolute atomic E-state index is 6.29. The van der Waals surface area contributed by atoms with Crippen LogP contribution in [-0.2, 0) is 0 Å². The lowest BCUT2D eigenvalue weighted by Crippen LogP contribution is -2.12. The first-order chi connectivity index (χ1) is 9.15. The van der Waals surface area contributed by atoms with E-state index in [1.807, 2.05) is 31.2 Å². The second-order valence-corrected chi connectivity index (χ2v) is 4.90. The lowest BCUT2D eigenvalue weighted by Gasteiger charge is -2.11. The van der Waals surface area contributed by atoms with Crippen LogP contribution in [0.15, 0.2) is 47.1 Å². The number of aromatic nitrogens is 1. The quantitative estimate of drug-likeness (QED) is 0.759. The summed E-state index contributed by atoms with van der Waals surface area (Å²) >= 11 is 0. The van der Waals surface area contributed by atoms with E-state index in [1.165, 1.54) is 5.56 Å². The van der Waals surface area contributed by atoms with Gasteiger partial charge in [-0.2, -0.15) is 0 Å². The van der Waals surface area contributed by atoms with Crippen LogP contribution in [0.25, 0.3) is 11.0 Å². The highest BCUT2D eigenvalue weighted by atomic mass is 16.3. The summed E-state index contributed by atoms with van der Waals surface area (Å²) in [6, 6.07) is 9.82. The zero-order chi connectivity index (χ0) is 13.4. The molecule has 3 heteroatoms. The molecular weight excluding hydrogens is 236 g/mol. The summed E-state index contributed by atoms with van der Waals surface area (Å²) in [6.07, 6.45) is 3.58. The van der Waals surface area contributed by atoms with Crippen molar-refractivity contribution >= 4 is 11.0 Å². The van der Waals surface area contributed by atoms with Crippen molar-refractivity contribution in [3.05, 3.63) is 65.2 Å². The molecule has 0 radical (unpaired) electrons. The maximum Gasteiger partial charge on any atom is 0.134 e. The Morgan fingerprint density at radius 3 is 2.79 bits per heavy atom. The second kappa shape index (κ2) is 4.52. The molecule has 3 rings (SSSR count). The van der Waals surface area contributed by atoms with Gasteiger partial charge in [0.25, 0.3) is 0 Å². The third kappa shape index (κ3) is 2.13. The van der Waals surface area contributed by atoms with E-state index in [1.54, 1.807) is 12.4 Å². The molecule has 96 valence electrons. The van der Waals surface area contributed by atoms with E-state index in [4.69, 9.17) is 10.2 Å². The highest BCUT2D eigenvalue weighted by molar-refractivity contribution is 5.78. The van der Waals surface area contributed by atoms with Gasteiger partial charge < -0.3 is 10.2 Å². The summed E-state index contributed by atoms with van der Waals surface area (Å²) in [4.78, 5) is 4.14. The van der Waals surface area contributed by atoms with Gasteiger partial charge in [0, 0.05) is 17.8 Å². The van der Waals surface area contributed by atoms with Crippen molar-refractivity contribution in [1.82, 2.24) is 4.98 Å². The van der Waals surface area contributed by atoms with Crippen molar-refractivity contribution in [3.63, 3.8) is 0 Å². The highest BCUT2D eigenvalue weighted by Crippen LogP contribution is 2.28. The third-order valence-corrected chi connectivity index (χ3v) is 3.41. The molecule has 0 saturated heterocycles. The van der Waals surface area contributed by atoms with Crippen LogP contribution in [0.1, 0.15) is 28.5 Å². The smallest absolute Gasteiger partial charge is 0.134 e. The number of hydrogen-bond donors (Lipinski definition) is 1. The molecule has 0 aliphatic heterocycles. The topological polar surface area (TPSA) is 52.0 Å². The number of pyridine rings is 1. The molecular formula is C16H16N2O. The van der Waals surface area contributed by atoms with Gasteiger partial charge in [0.2, 0.25) is 0 Å². The number of rotatable bonds is 2. The zero-order valence-electron chi connectivity index (χ0n) is 11.1. The minimum absolute atomic E-state index is 0.276. The van der Waals surface area contributed by atoms with Gasteiger partial charge in [0.1, 0.15) is 11.3 Å². The van der Waals surface area contributed by atoms with Gasteiger partial charge in [0.15, 0.2) is 0 Å². The van der Waals surface area contributed by atoms with Crippen molar-refractivity contribution in [1.29, 1.82) is 0 Å². The average molecular weight is 252 g/mol. The van der Waals surface area contributed by atoms with E-state index >= 15 is 0 Å². The van der Waals surface area contributed by atoms with Gasteiger partial charge in [-0.1, -0.05) is 11.6 Å². The van der Waals surface area contributed by atoms with E-state index in [-0.39, 0.29) is 6.04 Å². The Balaban J connectivity index is 2.07. The average Bonchev–Trinajstić information content (AvgIpc) is 2.81. The molecule has 2 heterocycles. The minimum atomic E-state index is -0.276. The number of fused-ring (bicyclic) bond motifs is 1. The molecule has 0 fully saturated rings. The van der Waals surface area contributed by atoms with E-state index in [0.29, 0.717) is 0 Å². The van der Waals surface area contributed by atoms with E-state index in [9.17, 15) is 0 Å². The molecule has 3 aromatic rings. The number of nitrogens with two attached hydrogens (primary N) is 1. The fourth-order valence-electron chi connectivity index (χ4n) is 2.29. The van der Waals surface area contributed by atoms with E-state index < -0.39 is 0 Å². The molecule has 19 heavy (non-hydrogen) atoms. The Morgan fingerprint density at radius 2 is 2.00 bits per heavy atom. The predicted molar refractivity (Wildman–Crippen MR) is 76.0 cm³/mol. The molecule has 2 aromatic heterocycles. The number of aryl methyl sites for hydroxylation is 2. The summed E-state index contributed by atoms with van der Waals surface area (Å²) in [7, 11) is 0. The van der Waals surface area contributed by atoms with Crippen LogP contribution in [0, 0.1) is 13.8 Å². The van der Waals surface area contributed by atoms with Crippen molar-refractivity contribution in [2.75, 3.05) is 0 Å². The normalized spacial score (nSPS) is 12.8. The SMILES string of the molecule is Cc1ccc2oc(C(N)c3cnccc3C)cc2c1. The first-order valence-corrected chi connectivity index (χ1v) is 6.31. The highest BCUT2D eigenvalue weighted by Gasteiger charge is 2.16. The van der Waals surface area contributed by atoms with Crippen LogP contribution in [0.4, 0.5) is 0 Å². The molecule has 0 bridgehead atoms. The van der Waals surface area contributed by atoms with Crippen LogP contribution in [0.3, 0.4) is 0 Å². The van der Waals surface area contributed by atoms with Crippen LogP contribution in [0.2, 0.25) is 0 Å². The lowest BCUT2D eigenvalue weighted by atomic mass is 10.0. The summed E-state index contributed by atoms with van der Waals surface area (Å²) < 4.78 is 5.84. The molecule has 1 atom stereocenters. The first-order valence-electron chi connectivity index (χ1n) is 6.31. The number of hydrogen-bond acceptors (Lipinski definition) is 3. The molecule has 0 aliphatic carbocycles. The summed E-state index contributed by atoms with van der Waals surface area (Å²) in [5, 5.41) is 1.09. The van der Waals surface area contributed by atoms with E-state index in [2.05, 4.69) is 18.0 Å². The summed E-state index contributed by atoms with van der Waals surface area (Å²) in [6.45, 7) is 4.10. The standard InChI is InChI=1S/C16H16N2O/c1-10-3-4-14-12(7-10)8-15(19-14)16(17)13-9-18-6-5-11(13)2/h3-9,16H,17H2,1-2H3. The Hall–Kier alpha value is -2.13. The van der Waals surface area contributed by atoms with Crippen molar-refractivity contribution in [2.24, 2.45) is 5.73 Å². The van der Waals surface area contributed by atoms with Gasteiger partial charge in [-0.05, 0) is 49.2 Å². The minimum Gasteiger partial charge on any atom is -0.459 e. The fourth-order valence-corrected chi connectivity index (χ4v) is 2.29. The van der Waals surface area contributed by atoms with Gasteiger partial charge in [-0.25, -0.2) is 0 Å². The Morgan fingerprint density at radius 1 is 1.16 bits per heavy atom. The maximum atomic E-state index is 6.29. The number of benzene rings is 1. The number of furan rings is 1. The second-order valence-electron chi connectivity index (χ2n) is 4.90. The van der Waals surface area contributed by atoms with Crippen LogP contribution >= 0.6 is 0 Å². The summed E-state index contributed by atoms with van der Waals surface area (Å²) in [5.41, 5.74) is 10.5. The Labute approximate surface area is 112 Å².